The van der Waals surface area contributed by atoms with Crippen LogP contribution in [0.1, 0.15) is 29.0 Å². The van der Waals surface area contributed by atoms with Crippen molar-refractivity contribution in [2.24, 2.45) is 5.92 Å². The summed E-state index contributed by atoms with van der Waals surface area (Å²) < 4.78 is 5.22. The second kappa shape index (κ2) is 6.65. The molecule has 3 rings (SSSR count). The first-order chi connectivity index (χ1) is 11.5. The molecule has 24 heavy (non-hydrogen) atoms. The van der Waals surface area contributed by atoms with Crippen LogP contribution in [0.25, 0.3) is 11.3 Å². The summed E-state index contributed by atoms with van der Waals surface area (Å²) >= 11 is 6.21. The summed E-state index contributed by atoms with van der Waals surface area (Å²) in [6.07, 6.45) is 1.24. The fourth-order valence-electron chi connectivity index (χ4n) is 2.98. The van der Waals surface area contributed by atoms with Gasteiger partial charge in [-0.15, -0.1) is 0 Å². The van der Waals surface area contributed by atoms with Crippen LogP contribution in [0.15, 0.2) is 28.8 Å². The van der Waals surface area contributed by atoms with Gasteiger partial charge in [0.25, 0.3) is 5.91 Å². The van der Waals surface area contributed by atoms with Gasteiger partial charge in [-0.3, -0.25) is 9.59 Å². The van der Waals surface area contributed by atoms with E-state index in [1.165, 1.54) is 0 Å². The normalized spacial score (nSPS) is 17.8. The zero-order valence-electron chi connectivity index (χ0n) is 13.2. The molecule has 1 aliphatic rings. The van der Waals surface area contributed by atoms with Gasteiger partial charge in [0, 0.05) is 18.7 Å². The molecule has 1 atom stereocenters. The van der Waals surface area contributed by atoms with Crippen molar-refractivity contribution < 1.29 is 19.2 Å². The van der Waals surface area contributed by atoms with Crippen molar-refractivity contribution in [2.45, 2.75) is 19.8 Å². The number of hydrogen-bond donors (Lipinski definition) is 1. The van der Waals surface area contributed by atoms with Gasteiger partial charge in [0.15, 0.2) is 0 Å². The predicted molar refractivity (Wildman–Crippen MR) is 87.9 cm³/mol. The average Bonchev–Trinajstić information content (AvgIpc) is 2.96. The Morgan fingerprint density at radius 3 is 2.83 bits per heavy atom. The highest BCUT2D eigenvalue weighted by Crippen LogP contribution is 2.32. The first-order valence-corrected chi connectivity index (χ1v) is 8.10. The Morgan fingerprint density at radius 1 is 1.38 bits per heavy atom. The lowest BCUT2D eigenvalue weighted by atomic mass is 9.97. The molecule has 1 saturated heterocycles. The molecule has 1 amide bonds. The SMILES string of the molecule is Cc1onc(-c2ccccc2Cl)c1C(=O)N1CCC[C@@H](C(=O)O)C1. The van der Waals surface area contributed by atoms with Crippen molar-refractivity contribution in [3.05, 3.63) is 40.6 Å². The van der Waals surface area contributed by atoms with E-state index in [-0.39, 0.29) is 12.5 Å². The number of carboxylic acids is 1. The van der Waals surface area contributed by atoms with E-state index in [0.717, 1.165) is 0 Å². The number of hydrogen-bond acceptors (Lipinski definition) is 4. The molecule has 0 saturated carbocycles. The fourth-order valence-corrected chi connectivity index (χ4v) is 3.21. The molecular formula is C17H17ClN2O4. The maximum absolute atomic E-state index is 12.9. The highest BCUT2D eigenvalue weighted by Gasteiger charge is 2.32. The number of aryl methyl sites for hydroxylation is 1. The number of amides is 1. The second-order valence-corrected chi connectivity index (χ2v) is 6.28. The van der Waals surface area contributed by atoms with E-state index < -0.39 is 11.9 Å². The van der Waals surface area contributed by atoms with Gasteiger partial charge in [0.2, 0.25) is 0 Å². The molecule has 0 unspecified atom stereocenters. The zero-order valence-corrected chi connectivity index (χ0v) is 13.9. The van der Waals surface area contributed by atoms with Crippen molar-refractivity contribution in [1.82, 2.24) is 10.1 Å². The van der Waals surface area contributed by atoms with Crippen LogP contribution in [0.5, 0.6) is 0 Å². The third-order valence-electron chi connectivity index (χ3n) is 4.26. The quantitative estimate of drug-likeness (QED) is 0.920. The van der Waals surface area contributed by atoms with Crippen molar-refractivity contribution in [2.75, 3.05) is 13.1 Å². The number of halogens is 1. The number of nitrogens with zero attached hydrogens (tertiary/aromatic N) is 2. The molecule has 0 radical (unpaired) electrons. The molecule has 6 nitrogen and oxygen atoms in total. The van der Waals surface area contributed by atoms with E-state index in [2.05, 4.69) is 5.16 Å². The summed E-state index contributed by atoms with van der Waals surface area (Å²) in [5.41, 5.74) is 1.35. The van der Waals surface area contributed by atoms with Crippen molar-refractivity contribution in [1.29, 1.82) is 0 Å². The number of aliphatic carboxylic acids is 1. The number of rotatable bonds is 3. The number of piperidine rings is 1. The van der Waals surface area contributed by atoms with E-state index in [0.29, 0.717) is 47.0 Å². The van der Waals surface area contributed by atoms with Crippen molar-refractivity contribution in [3.8, 4) is 11.3 Å². The lowest BCUT2D eigenvalue weighted by Crippen LogP contribution is -2.42. The van der Waals surface area contributed by atoms with Crippen LogP contribution in [0.4, 0.5) is 0 Å². The van der Waals surface area contributed by atoms with E-state index in [4.69, 9.17) is 16.1 Å². The Balaban J connectivity index is 1.95. The smallest absolute Gasteiger partial charge is 0.308 e. The van der Waals surface area contributed by atoms with Crippen LogP contribution in [0.2, 0.25) is 5.02 Å². The summed E-state index contributed by atoms with van der Waals surface area (Å²) in [5.74, 6) is -1.28. The molecule has 1 aliphatic heterocycles. The zero-order chi connectivity index (χ0) is 17.3. The van der Waals surface area contributed by atoms with Crippen LogP contribution in [-0.2, 0) is 4.79 Å². The monoisotopic (exact) mass is 348 g/mol. The highest BCUT2D eigenvalue weighted by molar-refractivity contribution is 6.33. The Labute approximate surface area is 144 Å². The largest absolute Gasteiger partial charge is 0.481 e. The first kappa shape index (κ1) is 16.5. The third kappa shape index (κ3) is 3.01. The number of aromatic nitrogens is 1. The number of carbonyl (C=O) groups is 2. The minimum absolute atomic E-state index is 0.195. The van der Waals surface area contributed by atoms with Crippen LogP contribution in [0.3, 0.4) is 0 Å². The summed E-state index contributed by atoms with van der Waals surface area (Å²) in [7, 11) is 0. The Morgan fingerprint density at radius 2 is 2.12 bits per heavy atom. The summed E-state index contributed by atoms with van der Waals surface area (Å²) in [6, 6.07) is 7.09. The van der Waals surface area contributed by atoms with Gasteiger partial charge in [0.1, 0.15) is 17.0 Å². The molecule has 0 bridgehead atoms. The second-order valence-electron chi connectivity index (χ2n) is 5.87. The van der Waals surface area contributed by atoms with Gasteiger partial charge < -0.3 is 14.5 Å². The Kier molecular flexibility index (Phi) is 4.57. The van der Waals surface area contributed by atoms with Gasteiger partial charge >= 0.3 is 5.97 Å². The minimum atomic E-state index is -0.874. The average molecular weight is 349 g/mol. The molecular weight excluding hydrogens is 332 g/mol. The molecule has 1 aromatic carbocycles. The molecule has 1 fully saturated rings. The molecule has 0 spiro atoms. The Hall–Kier alpha value is -2.34. The Bertz CT molecular complexity index is 787. The molecule has 2 heterocycles. The first-order valence-electron chi connectivity index (χ1n) is 7.72. The number of carboxylic acid groups (broad SMARTS) is 1. The topological polar surface area (TPSA) is 83.6 Å². The maximum Gasteiger partial charge on any atom is 0.308 e. The summed E-state index contributed by atoms with van der Waals surface area (Å²) in [6.45, 7) is 2.38. The van der Waals surface area contributed by atoms with Crippen LogP contribution in [-0.4, -0.2) is 40.1 Å². The van der Waals surface area contributed by atoms with Crippen LogP contribution < -0.4 is 0 Å². The number of likely N-dealkylation sites (tertiary alicyclic amines) is 1. The molecule has 2 aromatic rings. The van der Waals surface area contributed by atoms with E-state index in [1.807, 2.05) is 0 Å². The van der Waals surface area contributed by atoms with Gasteiger partial charge in [-0.1, -0.05) is 35.0 Å². The third-order valence-corrected chi connectivity index (χ3v) is 4.59. The number of benzene rings is 1. The predicted octanol–water partition coefficient (Wildman–Crippen LogP) is 3.24. The standard InChI is InChI=1S/C17H17ClN2O4/c1-10-14(15(19-24-10)12-6-2-3-7-13(12)18)16(21)20-8-4-5-11(9-20)17(22)23/h2-3,6-7,11H,4-5,8-9H2,1H3,(H,22,23)/t11-/m1/s1. The van der Waals surface area contributed by atoms with Crippen molar-refractivity contribution in [3.63, 3.8) is 0 Å². The van der Waals surface area contributed by atoms with E-state index >= 15 is 0 Å². The van der Waals surface area contributed by atoms with Gasteiger partial charge in [0.05, 0.1) is 10.9 Å². The lowest BCUT2D eigenvalue weighted by Gasteiger charge is -2.30. The molecule has 7 heteroatoms. The highest BCUT2D eigenvalue weighted by atomic mass is 35.5. The summed E-state index contributed by atoms with van der Waals surface area (Å²) in [5, 5.41) is 13.7. The maximum atomic E-state index is 12.9. The minimum Gasteiger partial charge on any atom is -0.481 e. The van der Waals surface area contributed by atoms with E-state index in [9.17, 15) is 14.7 Å². The summed E-state index contributed by atoms with van der Waals surface area (Å²) in [4.78, 5) is 25.7. The van der Waals surface area contributed by atoms with Crippen LogP contribution in [0, 0.1) is 12.8 Å². The van der Waals surface area contributed by atoms with Crippen molar-refractivity contribution >= 4 is 23.5 Å². The lowest BCUT2D eigenvalue weighted by molar-refractivity contribution is -0.143. The molecule has 126 valence electrons. The van der Waals surface area contributed by atoms with Gasteiger partial charge in [-0.2, -0.15) is 0 Å². The van der Waals surface area contributed by atoms with Gasteiger partial charge in [-0.25, -0.2) is 0 Å². The molecule has 1 N–H and O–H groups in total. The fraction of sp³-hybridized carbons (Fsp3) is 0.353. The van der Waals surface area contributed by atoms with Crippen LogP contribution >= 0.6 is 11.6 Å². The molecule has 0 aliphatic carbocycles. The molecule has 1 aromatic heterocycles. The van der Waals surface area contributed by atoms with Gasteiger partial charge in [-0.05, 0) is 25.8 Å². The van der Waals surface area contributed by atoms with E-state index in [1.54, 1.807) is 36.1 Å². The number of carbonyl (C=O) groups excluding carboxylic acids is 1.